The zero-order valence-electron chi connectivity index (χ0n) is 21.8. The highest BCUT2D eigenvalue weighted by Gasteiger charge is 2.29. The average molecular weight is 523 g/mol. The van der Waals surface area contributed by atoms with Gasteiger partial charge in [0.1, 0.15) is 17.7 Å². The summed E-state index contributed by atoms with van der Waals surface area (Å²) in [6, 6.07) is 26.1. The van der Waals surface area contributed by atoms with Gasteiger partial charge in [-0.2, -0.15) is 0 Å². The van der Waals surface area contributed by atoms with E-state index < -0.39 is 6.10 Å². The van der Waals surface area contributed by atoms with Gasteiger partial charge in [0.15, 0.2) is 0 Å². The van der Waals surface area contributed by atoms with E-state index in [1.165, 1.54) is 17.1 Å². The number of benzene rings is 4. The van der Waals surface area contributed by atoms with Crippen LogP contribution in [-0.2, 0) is 9.47 Å². The number of nitrogens with zero attached hydrogens (tertiary/aromatic N) is 2. The summed E-state index contributed by atoms with van der Waals surface area (Å²) >= 11 is 0. The molecule has 3 heterocycles. The number of morpholine rings is 2. The van der Waals surface area contributed by atoms with Crippen LogP contribution in [0.25, 0.3) is 22.4 Å². The number of hydrogen-bond donors (Lipinski definition) is 0. The molecule has 0 N–H and O–H groups in total. The second-order valence-electron chi connectivity index (χ2n) is 10.3. The molecule has 1 atom stereocenters. The summed E-state index contributed by atoms with van der Waals surface area (Å²) in [5.74, 6) is 0.551. The van der Waals surface area contributed by atoms with E-state index in [1.807, 2.05) is 6.07 Å². The van der Waals surface area contributed by atoms with Crippen LogP contribution in [0, 0.1) is 5.82 Å². The Bertz CT molecular complexity index is 1520. The molecule has 0 aliphatic carbocycles. The van der Waals surface area contributed by atoms with Crippen LogP contribution in [-0.4, -0.2) is 52.6 Å². The quantitative estimate of drug-likeness (QED) is 0.313. The zero-order valence-corrected chi connectivity index (χ0v) is 21.8. The van der Waals surface area contributed by atoms with Crippen molar-refractivity contribution in [2.75, 3.05) is 62.4 Å². The first-order valence-electron chi connectivity index (χ1n) is 13.7. The van der Waals surface area contributed by atoms with Gasteiger partial charge in [-0.25, -0.2) is 4.39 Å². The van der Waals surface area contributed by atoms with Crippen LogP contribution in [0.3, 0.4) is 0 Å². The standard InChI is InChI=1S/C33H31FN2O3/c34-25-5-3-4-24(20-25)33-29(23-8-10-26(11-9-23)35-12-16-37-17-13-35)21-30-27-6-1-2-7-28(27)31(22-32(30)39-33)36-14-18-38-19-15-36/h1-11,20-22,33H,12-19H2. The molecule has 0 bridgehead atoms. The summed E-state index contributed by atoms with van der Waals surface area (Å²) in [5, 5.41) is 2.35. The summed E-state index contributed by atoms with van der Waals surface area (Å²) in [4.78, 5) is 4.72. The Labute approximate surface area is 228 Å². The van der Waals surface area contributed by atoms with Gasteiger partial charge in [-0.05, 0) is 46.9 Å². The minimum absolute atomic E-state index is 0.267. The maximum absolute atomic E-state index is 14.4. The lowest BCUT2D eigenvalue weighted by Crippen LogP contribution is -2.36. The summed E-state index contributed by atoms with van der Waals surface area (Å²) in [6.45, 7) is 6.38. The van der Waals surface area contributed by atoms with E-state index in [0.29, 0.717) is 13.2 Å². The Morgan fingerprint density at radius 2 is 1.38 bits per heavy atom. The molecule has 0 spiro atoms. The largest absolute Gasteiger partial charge is 0.480 e. The Morgan fingerprint density at radius 3 is 2.10 bits per heavy atom. The summed E-state index contributed by atoms with van der Waals surface area (Å²) in [6.07, 6.45) is 1.81. The minimum Gasteiger partial charge on any atom is -0.480 e. The van der Waals surface area contributed by atoms with E-state index in [2.05, 4.69) is 70.5 Å². The molecule has 1 unspecified atom stereocenters. The number of hydrogen-bond acceptors (Lipinski definition) is 5. The van der Waals surface area contributed by atoms with Crippen molar-refractivity contribution in [2.45, 2.75) is 6.10 Å². The maximum atomic E-state index is 14.4. The second-order valence-corrected chi connectivity index (χ2v) is 10.3. The molecule has 198 valence electrons. The first-order chi connectivity index (χ1) is 19.2. The molecule has 6 heteroatoms. The molecule has 39 heavy (non-hydrogen) atoms. The first-order valence-corrected chi connectivity index (χ1v) is 13.7. The first kappa shape index (κ1) is 24.2. The van der Waals surface area contributed by atoms with E-state index in [4.69, 9.17) is 14.2 Å². The van der Waals surface area contributed by atoms with Crippen molar-refractivity contribution >= 4 is 33.8 Å². The zero-order chi connectivity index (χ0) is 26.2. The average Bonchev–Trinajstić information content (AvgIpc) is 3.01. The lowest BCUT2D eigenvalue weighted by atomic mass is 9.88. The molecule has 2 saturated heterocycles. The van der Waals surface area contributed by atoms with Crippen molar-refractivity contribution in [3.8, 4) is 5.75 Å². The van der Waals surface area contributed by atoms with Crippen molar-refractivity contribution in [3.05, 3.63) is 101 Å². The Kier molecular flexibility index (Phi) is 6.43. The Balaban J connectivity index is 1.36. The molecular formula is C33H31FN2O3. The number of anilines is 2. The van der Waals surface area contributed by atoms with Gasteiger partial charge < -0.3 is 24.0 Å². The highest BCUT2D eigenvalue weighted by Crippen LogP contribution is 2.47. The van der Waals surface area contributed by atoms with Gasteiger partial charge >= 0.3 is 0 Å². The van der Waals surface area contributed by atoms with Crippen LogP contribution in [0.15, 0.2) is 78.9 Å². The van der Waals surface area contributed by atoms with Crippen LogP contribution >= 0.6 is 0 Å². The van der Waals surface area contributed by atoms with Crippen LogP contribution in [0.5, 0.6) is 5.75 Å². The van der Waals surface area contributed by atoms with E-state index in [9.17, 15) is 4.39 Å². The molecule has 2 fully saturated rings. The minimum atomic E-state index is -0.430. The molecule has 4 aromatic rings. The molecular weight excluding hydrogens is 491 g/mol. The molecule has 0 aromatic heterocycles. The van der Waals surface area contributed by atoms with Gasteiger partial charge in [-0.15, -0.1) is 0 Å². The van der Waals surface area contributed by atoms with Crippen molar-refractivity contribution < 1.29 is 18.6 Å². The van der Waals surface area contributed by atoms with E-state index in [0.717, 1.165) is 78.5 Å². The van der Waals surface area contributed by atoms with Crippen LogP contribution < -0.4 is 14.5 Å². The monoisotopic (exact) mass is 522 g/mol. The predicted octanol–water partition coefficient (Wildman–Crippen LogP) is 6.33. The van der Waals surface area contributed by atoms with Crippen LogP contribution in [0.2, 0.25) is 0 Å². The third kappa shape index (κ3) is 4.64. The summed E-state index contributed by atoms with van der Waals surface area (Å²) in [7, 11) is 0. The number of ether oxygens (including phenoxy) is 3. The topological polar surface area (TPSA) is 34.2 Å². The third-order valence-corrected chi connectivity index (χ3v) is 7.93. The summed E-state index contributed by atoms with van der Waals surface area (Å²) in [5.41, 5.74) is 6.27. The van der Waals surface area contributed by atoms with E-state index >= 15 is 0 Å². The van der Waals surface area contributed by atoms with Gasteiger partial charge in [0.2, 0.25) is 0 Å². The molecule has 0 amide bonds. The van der Waals surface area contributed by atoms with E-state index in [1.54, 1.807) is 12.1 Å². The van der Waals surface area contributed by atoms with Gasteiger partial charge in [0.05, 0.1) is 26.4 Å². The van der Waals surface area contributed by atoms with Gasteiger partial charge in [0, 0.05) is 60.1 Å². The van der Waals surface area contributed by atoms with Gasteiger partial charge in [0.25, 0.3) is 0 Å². The third-order valence-electron chi connectivity index (χ3n) is 7.93. The smallest absolute Gasteiger partial charge is 0.150 e. The highest BCUT2D eigenvalue weighted by molar-refractivity contribution is 6.05. The van der Waals surface area contributed by atoms with Crippen molar-refractivity contribution in [3.63, 3.8) is 0 Å². The Morgan fingerprint density at radius 1 is 0.692 bits per heavy atom. The molecule has 3 aliphatic rings. The molecule has 7 rings (SSSR count). The van der Waals surface area contributed by atoms with Crippen LogP contribution in [0.1, 0.15) is 22.8 Å². The number of halogens is 1. The number of fused-ring (bicyclic) bond motifs is 3. The molecule has 5 nitrogen and oxygen atoms in total. The fourth-order valence-electron chi connectivity index (χ4n) is 5.93. The van der Waals surface area contributed by atoms with E-state index in [-0.39, 0.29) is 5.82 Å². The van der Waals surface area contributed by atoms with Gasteiger partial charge in [-0.3, -0.25) is 0 Å². The lowest BCUT2D eigenvalue weighted by molar-refractivity contribution is 0.122. The maximum Gasteiger partial charge on any atom is 0.150 e. The second kappa shape index (κ2) is 10.4. The predicted molar refractivity (Wildman–Crippen MR) is 154 cm³/mol. The van der Waals surface area contributed by atoms with Crippen LogP contribution in [0.4, 0.5) is 15.8 Å². The fraction of sp³-hybridized carbons (Fsp3) is 0.273. The normalized spacial score (nSPS) is 19.4. The van der Waals surface area contributed by atoms with Gasteiger partial charge in [-0.1, -0.05) is 48.5 Å². The SMILES string of the molecule is Fc1cccc(C2Oc3cc(N4CCOCC4)c4ccccc4c3C=C2c2ccc(N3CCOCC3)cc2)c1. The lowest BCUT2D eigenvalue weighted by Gasteiger charge is -2.33. The molecule has 0 saturated carbocycles. The molecule has 4 aromatic carbocycles. The van der Waals surface area contributed by atoms with Crippen molar-refractivity contribution in [1.29, 1.82) is 0 Å². The molecule has 3 aliphatic heterocycles. The van der Waals surface area contributed by atoms with Crippen molar-refractivity contribution in [1.82, 2.24) is 0 Å². The Hall–Kier alpha value is -3.87. The van der Waals surface area contributed by atoms with Crippen molar-refractivity contribution in [2.24, 2.45) is 0 Å². The number of rotatable bonds is 4. The highest BCUT2D eigenvalue weighted by atomic mass is 19.1. The summed E-state index contributed by atoms with van der Waals surface area (Å²) < 4.78 is 32.4. The molecule has 0 radical (unpaired) electrons. The fourth-order valence-corrected chi connectivity index (χ4v) is 5.93.